The van der Waals surface area contributed by atoms with E-state index >= 15 is 0 Å². The van der Waals surface area contributed by atoms with Gasteiger partial charge in [0.15, 0.2) is 0 Å². The van der Waals surface area contributed by atoms with Crippen molar-refractivity contribution in [3.8, 4) is 0 Å². The molecule has 0 aromatic heterocycles. The van der Waals surface area contributed by atoms with Crippen LogP contribution in [0.25, 0.3) is 0 Å². The fraction of sp³-hybridized carbons (Fsp3) is 1.00. The summed E-state index contributed by atoms with van der Waals surface area (Å²) < 4.78 is 273. The highest BCUT2D eigenvalue weighted by molar-refractivity contribution is 4.67. The third-order valence-electron chi connectivity index (χ3n) is 14.4. The standard InChI is InChI=1S/2C6H11F3.2C6H12F2.2C6H13F.2C6H14.2C5H9F3.C5H10F2.C5H11F.2C5H12/c2*1-3-4-5(2)6(7,8)9;1-4-6(7,8)5(2)3;1-3-4-5(2)6(7)8;1-4-5-6(2,3)7;1-3-4-6(2)5-7;1-5-6(2,3)4;1-4-5-6(2)3;2*1-3-4(2)5(6,7)8;1-3-4(2)5(6)7;1-3-5(2)4-6;2*1-4-5(2)3/h2*5H,3-4H2,1-2H3;5H,4H2,1-3H3;5-6H,3-4H2,1-2H3;4-5H2,1-3H3;6H,3-5H2,1-2H3;5H2,1-4H3;6H,4-5H2,1-3H3;2*4H,3H2,1-2H3;4-5H,3H2,1-2H3;5H,3-4H2,1-2H3;2*5H,4H2,1-3H3/i3D2;;;;;;;;3D2;;;;;. The van der Waals surface area contributed by atoms with E-state index < -0.39 is 110 Å². The first-order valence-electron chi connectivity index (χ1n) is 38.7. The van der Waals surface area contributed by atoms with Gasteiger partial charge in [0.2, 0.25) is 18.8 Å². The van der Waals surface area contributed by atoms with Gasteiger partial charge in [-0.25, -0.2) is 30.7 Å². The van der Waals surface area contributed by atoms with Gasteiger partial charge in [0.05, 0.1) is 37.0 Å². The average Bonchev–Trinajstić information content (AvgIpc) is 0.860. The van der Waals surface area contributed by atoms with Crippen molar-refractivity contribution < 1.29 is 97.7 Å². The first kappa shape index (κ1) is 119. The average molecular weight is 1500 g/mol. The smallest absolute Gasteiger partial charge is 0.251 e. The topological polar surface area (TPSA) is 0 Å². The minimum absolute atomic E-state index is 0.0509. The zero-order valence-corrected chi connectivity index (χ0v) is 69.7. The fourth-order valence-electron chi connectivity index (χ4n) is 4.43. The van der Waals surface area contributed by atoms with Crippen LogP contribution in [-0.4, -0.2) is 62.5 Å². The minimum atomic E-state index is -4.43. The third-order valence-corrected chi connectivity index (χ3v) is 14.4. The molecule has 21 heteroatoms. The number of hydrogen-bond acceptors (Lipinski definition) is 0. The Morgan fingerprint density at radius 3 is 0.657 bits per heavy atom. The van der Waals surface area contributed by atoms with Crippen molar-refractivity contribution in [3.05, 3.63) is 0 Å². The molecule has 0 bridgehead atoms. The lowest BCUT2D eigenvalue weighted by Gasteiger charge is -2.17. The van der Waals surface area contributed by atoms with Crippen LogP contribution in [0.2, 0.25) is 0 Å². The van der Waals surface area contributed by atoms with Gasteiger partial charge < -0.3 is 0 Å². The third kappa shape index (κ3) is 144. The van der Waals surface area contributed by atoms with E-state index in [4.69, 9.17) is 5.48 Å². The summed E-state index contributed by atoms with van der Waals surface area (Å²) in [5, 5.41) is 0. The molecule has 0 aromatic carbocycles. The number of hydrogen-bond donors (Lipinski definition) is 0. The second kappa shape index (κ2) is 80.6. The molecule has 0 aliphatic rings. The molecule has 0 aliphatic heterocycles. The highest BCUT2D eigenvalue weighted by Crippen LogP contribution is 2.31. The molecule has 0 heterocycles. The van der Waals surface area contributed by atoms with Gasteiger partial charge in [-0.2, -0.15) is 52.7 Å². The van der Waals surface area contributed by atoms with Crippen molar-refractivity contribution in [2.75, 3.05) is 13.3 Å². The SMILES string of the molecule is CCC(C)(C)C.CCC(C)C.CCC(C)C.CCC(C)C(F)(F)F.CCC(C)C(F)F.CCC(C)CF.CCC(F)(F)C(C)C.CCCC(C)(C)F.CCCC(C)C.CCCC(C)C(F)(F)F.CCCC(C)C(F)F.CCCC(C)CF.[2H]C([2H])(C)C(C)C(F)(F)F.[2H]C([2H])(C)CC(C)C(F)(F)F. The molecule has 99 heavy (non-hydrogen) atoms. The normalized spacial score (nSPS) is 14.6. The van der Waals surface area contributed by atoms with Gasteiger partial charge in [0, 0.05) is 29.7 Å². The summed E-state index contributed by atoms with van der Waals surface area (Å²) in [6.07, 6.45) is -11.1. The second-order valence-electron chi connectivity index (χ2n) is 28.6. The Kier molecular flexibility index (Phi) is 96.6. The van der Waals surface area contributed by atoms with Crippen LogP contribution in [0.3, 0.4) is 0 Å². The first-order chi connectivity index (χ1) is 45.7. The second-order valence-corrected chi connectivity index (χ2v) is 28.6. The molecule has 0 amide bonds. The number of rotatable bonds is 24. The number of alkyl halides is 21. The van der Waals surface area contributed by atoms with E-state index in [-0.39, 0.29) is 44.4 Å². The molecule has 8 unspecified atom stereocenters. The lowest BCUT2D eigenvalue weighted by Crippen LogP contribution is -2.21. The van der Waals surface area contributed by atoms with Crippen molar-refractivity contribution >= 4 is 0 Å². The van der Waals surface area contributed by atoms with Crippen molar-refractivity contribution in [2.24, 2.45) is 76.4 Å². The predicted octanol–water partition coefficient (Wildman–Crippen LogP) is 34.8. The molecule has 0 N–H and O–H groups in total. The molecule has 0 fully saturated rings. The summed E-state index contributed by atoms with van der Waals surface area (Å²) in [4.78, 5) is 0. The molecule has 0 radical (unpaired) electrons. The van der Waals surface area contributed by atoms with Crippen molar-refractivity contribution in [2.45, 2.75) is 420 Å². The highest BCUT2D eigenvalue weighted by Gasteiger charge is 2.36. The Hall–Kier alpha value is -1.47. The molecule has 0 aliphatic carbocycles. The lowest BCUT2D eigenvalue weighted by atomic mass is 9.94. The van der Waals surface area contributed by atoms with Gasteiger partial charge in [-0.3, -0.25) is 8.78 Å². The van der Waals surface area contributed by atoms with E-state index in [0.29, 0.717) is 31.1 Å². The Morgan fingerprint density at radius 1 is 0.313 bits per heavy atom. The first-order valence-corrected chi connectivity index (χ1v) is 36.7. The molecule has 0 spiro atoms. The highest BCUT2D eigenvalue weighted by atomic mass is 19.4. The summed E-state index contributed by atoms with van der Waals surface area (Å²) in [7, 11) is 0. The van der Waals surface area contributed by atoms with Crippen LogP contribution in [0.4, 0.5) is 92.2 Å². The van der Waals surface area contributed by atoms with Crippen LogP contribution in [-0.2, 0) is 0 Å². The van der Waals surface area contributed by atoms with E-state index in [2.05, 4.69) is 96.9 Å². The summed E-state index contributed by atoms with van der Waals surface area (Å²) in [5.74, 6) is -6.37. The van der Waals surface area contributed by atoms with Crippen LogP contribution in [0.5, 0.6) is 0 Å². The summed E-state index contributed by atoms with van der Waals surface area (Å²) >= 11 is 0. The summed E-state index contributed by atoms with van der Waals surface area (Å²) in [6.45, 7) is 62.7. The van der Waals surface area contributed by atoms with Crippen molar-refractivity contribution in [3.63, 3.8) is 0 Å². The molecule has 0 saturated carbocycles. The van der Waals surface area contributed by atoms with E-state index in [1.807, 2.05) is 34.6 Å². The van der Waals surface area contributed by atoms with E-state index in [9.17, 15) is 92.2 Å². The molecular weight excluding hydrogens is 1340 g/mol. The van der Waals surface area contributed by atoms with Crippen molar-refractivity contribution in [1.82, 2.24) is 0 Å². The van der Waals surface area contributed by atoms with Gasteiger partial charge in [-0.05, 0) is 100 Å². The minimum Gasteiger partial charge on any atom is -0.251 e. The van der Waals surface area contributed by atoms with Crippen LogP contribution in [0, 0.1) is 76.4 Å². The maximum atomic E-state index is 12.4. The van der Waals surface area contributed by atoms with E-state index in [0.717, 1.165) is 77.6 Å². The largest absolute Gasteiger partial charge is 0.391 e. The van der Waals surface area contributed by atoms with E-state index in [1.54, 1.807) is 41.5 Å². The maximum absolute atomic E-state index is 12.4. The zero-order valence-electron chi connectivity index (χ0n) is 73.7. The zero-order chi connectivity index (χ0) is 86.7. The molecule has 0 saturated heterocycles. The predicted molar refractivity (Wildman–Crippen MR) is 392 cm³/mol. The van der Waals surface area contributed by atoms with Crippen LogP contribution >= 0.6 is 0 Å². The Labute approximate surface area is 605 Å². The molecule has 0 rings (SSSR count). The summed E-state index contributed by atoms with van der Waals surface area (Å²) in [5.41, 5.74) is -0.408. The molecule has 8 atom stereocenters. The van der Waals surface area contributed by atoms with Gasteiger partial charge in [0.1, 0.15) is 5.67 Å². The Balaban J connectivity index is -0.0000000694. The molecular formula is C78H163F21. The number of halogens is 21. The van der Waals surface area contributed by atoms with Gasteiger partial charge in [0.25, 0.3) is 0 Å². The Bertz CT molecular complexity index is 1570. The molecule has 0 aromatic rings. The lowest BCUT2D eigenvalue weighted by molar-refractivity contribution is -0.171. The monoisotopic (exact) mass is 1500 g/mol. The van der Waals surface area contributed by atoms with Gasteiger partial charge in [-0.1, -0.05) is 299 Å². The van der Waals surface area contributed by atoms with Crippen molar-refractivity contribution in [1.29, 1.82) is 0 Å². The van der Waals surface area contributed by atoms with Crippen LogP contribution in [0.15, 0.2) is 0 Å². The quantitative estimate of drug-likeness (QED) is 0.0845. The van der Waals surface area contributed by atoms with Crippen LogP contribution in [0.1, 0.15) is 376 Å². The van der Waals surface area contributed by atoms with Crippen LogP contribution < -0.4 is 0 Å². The Morgan fingerprint density at radius 2 is 0.616 bits per heavy atom. The summed E-state index contributed by atoms with van der Waals surface area (Å²) in [6, 6.07) is 0. The van der Waals surface area contributed by atoms with E-state index in [1.165, 1.54) is 73.6 Å². The maximum Gasteiger partial charge on any atom is 0.391 e. The van der Waals surface area contributed by atoms with Gasteiger partial charge >= 0.3 is 24.7 Å². The fourth-order valence-corrected chi connectivity index (χ4v) is 4.43. The molecule has 0 nitrogen and oxygen atoms in total. The molecule has 622 valence electrons. The van der Waals surface area contributed by atoms with Gasteiger partial charge in [-0.15, -0.1) is 0 Å².